The van der Waals surface area contributed by atoms with Gasteiger partial charge in [0.2, 0.25) is 0 Å². The fourth-order valence-electron chi connectivity index (χ4n) is 1.90. The summed E-state index contributed by atoms with van der Waals surface area (Å²) in [6.45, 7) is -0.210. The number of aromatic nitrogens is 1. The minimum absolute atomic E-state index is 0.210. The predicted octanol–water partition coefficient (Wildman–Crippen LogP) is 0.979. The summed E-state index contributed by atoms with van der Waals surface area (Å²) in [6, 6.07) is 10.2. The topological polar surface area (TPSA) is 102 Å². The fraction of sp³-hybridized carbons (Fsp3) is 0.176. The molecule has 0 spiro atoms. The van der Waals surface area contributed by atoms with Crippen molar-refractivity contribution in [3.05, 3.63) is 53.9 Å². The number of benzene rings is 1. The number of hydrazone groups is 1. The molecule has 0 fully saturated rings. The summed E-state index contributed by atoms with van der Waals surface area (Å²) in [6.07, 6.45) is 2.96. The van der Waals surface area contributed by atoms with Gasteiger partial charge in [-0.1, -0.05) is 6.07 Å². The van der Waals surface area contributed by atoms with Crippen LogP contribution in [0.5, 0.6) is 11.5 Å². The number of amides is 2. The number of methoxy groups -OCH3 is 2. The number of hydrogen-bond acceptors (Lipinski definition) is 6. The third-order valence-corrected chi connectivity index (χ3v) is 3.12. The molecule has 0 aliphatic heterocycles. The predicted molar refractivity (Wildman–Crippen MR) is 91.9 cm³/mol. The molecular weight excluding hydrogens is 324 g/mol. The Morgan fingerprint density at radius 1 is 1.16 bits per heavy atom. The normalized spacial score (nSPS) is 10.3. The standard InChI is InChI=1S/C17H18N4O4/c1-24-14-7-6-12(9-15(14)25-2)10-20-21-16(22)11-19-17(23)13-5-3-4-8-18-13/h3-10H,11H2,1-2H3,(H,19,23)(H,21,22). The van der Waals surface area contributed by atoms with E-state index in [-0.39, 0.29) is 12.2 Å². The van der Waals surface area contributed by atoms with Gasteiger partial charge in [0.15, 0.2) is 11.5 Å². The zero-order chi connectivity index (χ0) is 18.1. The minimum Gasteiger partial charge on any atom is -0.493 e. The van der Waals surface area contributed by atoms with Crippen LogP contribution in [0.4, 0.5) is 0 Å². The van der Waals surface area contributed by atoms with Gasteiger partial charge in [0.25, 0.3) is 11.8 Å². The quantitative estimate of drug-likeness (QED) is 0.577. The molecule has 2 aromatic rings. The molecule has 0 aliphatic carbocycles. The molecule has 1 heterocycles. The maximum Gasteiger partial charge on any atom is 0.270 e. The van der Waals surface area contributed by atoms with E-state index in [0.717, 1.165) is 5.56 Å². The Kier molecular flexibility index (Phi) is 6.47. The molecule has 0 aliphatic rings. The molecule has 130 valence electrons. The molecule has 0 unspecified atom stereocenters. The molecule has 2 N–H and O–H groups in total. The highest BCUT2D eigenvalue weighted by molar-refractivity contribution is 5.94. The van der Waals surface area contributed by atoms with E-state index in [1.807, 2.05) is 0 Å². The summed E-state index contributed by atoms with van der Waals surface area (Å²) in [5, 5.41) is 6.29. The van der Waals surface area contributed by atoms with Crippen LogP contribution in [-0.4, -0.2) is 43.8 Å². The lowest BCUT2D eigenvalue weighted by Crippen LogP contribution is -2.35. The monoisotopic (exact) mass is 342 g/mol. The molecule has 25 heavy (non-hydrogen) atoms. The molecule has 0 saturated heterocycles. The number of rotatable bonds is 7. The maximum absolute atomic E-state index is 11.8. The van der Waals surface area contributed by atoms with Crippen LogP contribution in [-0.2, 0) is 4.79 Å². The number of nitrogens with zero attached hydrogens (tertiary/aromatic N) is 2. The molecule has 2 rings (SSSR count). The summed E-state index contributed by atoms with van der Waals surface area (Å²) < 4.78 is 10.3. The molecule has 0 bridgehead atoms. The molecule has 8 heteroatoms. The Labute approximate surface area is 144 Å². The third kappa shape index (κ3) is 5.31. The van der Waals surface area contributed by atoms with E-state index in [2.05, 4.69) is 20.8 Å². The first-order valence-electron chi connectivity index (χ1n) is 7.37. The third-order valence-electron chi connectivity index (χ3n) is 3.12. The first-order chi connectivity index (χ1) is 12.1. The Balaban J connectivity index is 1.83. The fourth-order valence-corrected chi connectivity index (χ4v) is 1.90. The number of nitrogens with one attached hydrogen (secondary N) is 2. The smallest absolute Gasteiger partial charge is 0.270 e. The van der Waals surface area contributed by atoms with Gasteiger partial charge in [-0.15, -0.1) is 0 Å². The number of hydrogen-bond donors (Lipinski definition) is 2. The van der Waals surface area contributed by atoms with Crippen molar-refractivity contribution >= 4 is 18.0 Å². The molecule has 0 radical (unpaired) electrons. The van der Waals surface area contributed by atoms with Crippen molar-refractivity contribution in [3.63, 3.8) is 0 Å². The van der Waals surface area contributed by atoms with Crippen molar-refractivity contribution in [3.8, 4) is 11.5 Å². The number of carbonyl (C=O) groups is 2. The molecule has 1 aromatic carbocycles. The lowest BCUT2D eigenvalue weighted by Gasteiger charge is -2.07. The number of carbonyl (C=O) groups excluding carboxylic acids is 2. The molecule has 2 amide bonds. The van der Waals surface area contributed by atoms with Gasteiger partial charge < -0.3 is 14.8 Å². The van der Waals surface area contributed by atoms with Gasteiger partial charge in [0, 0.05) is 6.20 Å². The zero-order valence-corrected chi connectivity index (χ0v) is 13.9. The first kappa shape index (κ1) is 17.9. The van der Waals surface area contributed by atoms with Crippen LogP contribution in [0.15, 0.2) is 47.7 Å². The molecule has 1 aromatic heterocycles. The van der Waals surface area contributed by atoms with Gasteiger partial charge in [-0.25, -0.2) is 5.43 Å². The van der Waals surface area contributed by atoms with Crippen LogP contribution in [0.1, 0.15) is 16.1 Å². The van der Waals surface area contributed by atoms with Crippen molar-refractivity contribution in [2.24, 2.45) is 5.10 Å². The van der Waals surface area contributed by atoms with Crippen molar-refractivity contribution < 1.29 is 19.1 Å². The van der Waals surface area contributed by atoms with Crippen LogP contribution < -0.4 is 20.2 Å². The lowest BCUT2D eigenvalue weighted by atomic mass is 10.2. The van der Waals surface area contributed by atoms with E-state index in [1.165, 1.54) is 19.5 Å². The van der Waals surface area contributed by atoms with Gasteiger partial charge in [-0.2, -0.15) is 5.10 Å². The average molecular weight is 342 g/mol. The SMILES string of the molecule is COc1ccc(C=NNC(=O)CNC(=O)c2ccccn2)cc1OC. The van der Waals surface area contributed by atoms with E-state index in [1.54, 1.807) is 43.5 Å². The molecule has 8 nitrogen and oxygen atoms in total. The van der Waals surface area contributed by atoms with Crippen LogP contribution >= 0.6 is 0 Å². The van der Waals surface area contributed by atoms with E-state index < -0.39 is 11.8 Å². The summed E-state index contributed by atoms with van der Waals surface area (Å²) in [5.74, 6) is 0.266. The highest BCUT2D eigenvalue weighted by atomic mass is 16.5. The van der Waals surface area contributed by atoms with E-state index in [4.69, 9.17) is 9.47 Å². The highest BCUT2D eigenvalue weighted by Crippen LogP contribution is 2.26. The summed E-state index contributed by atoms with van der Waals surface area (Å²) in [7, 11) is 3.08. The number of ether oxygens (including phenoxy) is 2. The Morgan fingerprint density at radius 2 is 1.96 bits per heavy atom. The number of pyridine rings is 1. The van der Waals surface area contributed by atoms with Crippen molar-refractivity contribution in [2.45, 2.75) is 0 Å². The second-order valence-corrected chi connectivity index (χ2v) is 4.81. The largest absolute Gasteiger partial charge is 0.493 e. The molecule has 0 saturated carbocycles. The maximum atomic E-state index is 11.8. The van der Waals surface area contributed by atoms with Crippen LogP contribution in [0.2, 0.25) is 0 Å². The van der Waals surface area contributed by atoms with Gasteiger partial charge in [-0.3, -0.25) is 14.6 Å². The van der Waals surface area contributed by atoms with Gasteiger partial charge >= 0.3 is 0 Å². The summed E-state index contributed by atoms with van der Waals surface area (Å²) in [4.78, 5) is 27.3. The zero-order valence-electron chi connectivity index (χ0n) is 13.9. The Hall–Kier alpha value is -3.42. The van der Waals surface area contributed by atoms with Gasteiger partial charge in [-0.05, 0) is 35.9 Å². The van der Waals surface area contributed by atoms with Crippen molar-refractivity contribution in [1.29, 1.82) is 0 Å². The minimum atomic E-state index is -0.457. The van der Waals surface area contributed by atoms with E-state index in [0.29, 0.717) is 11.5 Å². The Bertz CT molecular complexity index is 762. The van der Waals surface area contributed by atoms with Gasteiger partial charge in [0.05, 0.1) is 27.0 Å². The average Bonchev–Trinajstić information content (AvgIpc) is 2.66. The van der Waals surface area contributed by atoms with Crippen molar-refractivity contribution in [1.82, 2.24) is 15.7 Å². The van der Waals surface area contributed by atoms with Gasteiger partial charge in [0.1, 0.15) is 5.69 Å². The Morgan fingerprint density at radius 3 is 2.64 bits per heavy atom. The van der Waals surface area contributed by atoms with Crippen LogP contribution in [0, 0.1) is 0 Å². The first-order valence-corrected chi connectivity index (χ1v) is 7.37. The summed E-state index contributed by atoms with van der Waals surface area (Å²) >= 11 is 0. The highest BCUT2D eigenvalue weighted by Gasteiger charge is 2.08. The van der Waals surface area contributed by atoms with Crippen molar-refractivity contribution in [2.75, 3.05) is 20.8 Å². The summed E-state index contributed by atoms with van der Waals surface area (Å²) in [5.41, 5.74) is 3.29. The van der Waals surface area contributed by atoms with E-state index in [9.17, 15) is 9.59 Å². The molecule has 0 atom stereocenters. The van der Waals surface area contributed by atoms with E-state index >= 15 is 0 Å². The van der Waals surface area contributed by atoms with Crippen LogP contribution in [0.3, 0.4) is 0 Å². The molecular formula is C17H18N4O4. The second kappa shape index (κ2) is 9.02. The lowest BCUT2D eigenvalue weighted by molar-refractivity contribution is -0.120. The second-order valence-electron chi connectivity index (χ2n) is 4.81. The van der Waals surface area contributed by atoms with Crippen LogP contribution in [0.25, 0.3) is 0 Å².